The molecule has 0 aliphatic heterocycles. The molecule has 0 atom stereocenters. The lowest BCUT2D eigenvalue weighted by Crippen LogP contribution is -2.16. The molecular formula is C18H21BrN2O3S. The molecule has 1 aromatic carbocycles. The van der Waals surface area contributed by atoms with Gasteiger partial charge < -0.3 is 14.8 Å². The molecule has 0 aliphatic carbocycles. The first-order valence-electron chi connectivity index (χ1n) is 7.77. The van der Waals surface area contributed by atoms with Gasteiger partial charge in [-0.2, -0.15) is 0 Å². The van der Waals surface area contributed by atoms with Crippen LogP contribution in [0.15, 0.2) is 39.8 Å². The van der Waals surface area contributed by atoms with Crippen molar-refractivity contribution >= 4 is 39.3 Å². The predicted octanol–water partition coefficient (Wildman–Crippen LogP) is 4.22. The molecule has 0 radical (unpaired) electrons. The molecule has 0 unspecified atom stereocenters. The highest BCUT2D eigenvalue weighted by Gasteiger charge is 2.11. The number of nitrogens with zero attached hydrogens (tertiary/aromatic N) is 1. The largest absolute Gasteiger partial charge is 0.474 e. The lowest BCUT2D eigenvalue weighted by atomic mass is 10.2. The number of hydrogen-bond acceptors (Lipinski definition) is 5. The third-order valence-corrected chi connectivity index (χ3v) is 5.40. The van der Waals surface area contributed by atoms with Crippen LogP contribution in [0, 0.1) is 13.8 Å². The minimum absolute atomic E-state index is 0.102. The van der Waals surface area contributed by atoms with Gasteiger partial charge in [0, 0.05) is 22.7 Å². The van der Waals surface area contributed by atoms with Crippen molar-refractivity contribution in [1.29, 1.82) is 0 Å². The van der Waals surface area contributed by atoms with Crippen molar-refractivity contribution < 1.29 is 14.3 Å². The van der Waals surface area contributed by atoms with Crippen molar-refractivity contribution in [1.82, 2.24) is 4.98 Å². The summed E-state index contributed by atoms with van der Waals surface area (Å²) in [6, 6.07) is 7.68. The Bertz CT molecular complexity index is 740. The average molecular weight is 425 g/mol. The number of anilines is 1. The van der Waals surface area contributed by atoms with E-state index in [1.807, 2.05) is 13.8 Å². The summed E-state index contributed by atoms with van der Waals surface area (Å²) in [4.78, 5) is 17.5. The Morgan fingerprint density at radius 2 is 2.08 bits per heavy atom. The Morgan fingerprint density at radius 3 is 2.84 bits per heavy atom. The number of aromatic nitrogens is 1. The number of nitrogens with one attached hydrogen (secondary N) is 1. The van der Waals surface area contributed by atoms with Crippen LogP contribution in [0.3, 0.4) is 0 Å². The highest BCUT2D eigenvalue weighted by Crippen LogP contribution is 2.29. The molecule has 7 heteroatoms. The highest BCUT2D eigenvalue weighted by atomic mass is 79.9. The Hall–Kier alpha value is -1.57. The fourth-order valence-electron chi connectivity index (χ4n) is 2.06. The van der Waals surface area contributed by atoms with Gasteiger partial charge in [-0.05, 0) is 49.2 Å². The number of pyridine rings is 1. The molecule has 134 valence electrons. The van der Waals surface area contributed by atoms with E-state index in [1.165, 1.54) is 11.8 Å². The Balaban J connectivity index is 1.96. The number of carbonyl (C=O) groups excluding carboxylic acids is 1. The second-order valence-corrected chi connectivity index (χ2v) is 7.27. The molecule has 1 aromatic heterocycles. The molecule has 25 heavy (non-hydrogen) atoms. The van der Waals surface area contributed by atoms with Gasteiger partial charge in [0.05, 0.1) is 12.4 Å². The molecule has 0 aliphatic rings. The third-order valence-electron chi connectivity index (χ3n) is 3.39. The van der Waals surface area contributed by atoms with Gasteiger partial charge in [0.2, 0.25) is 11.8 Å². The number of ether oxygens (including phenoxy) is 2. The number of thioether (sulfide) groups is 1. The first kappa shape index (κ1) is 19.8. The second kappa shape index (κ2) is 9.79. The molecule has 0 saturated heterocycles. The zero-order chi connectivity index (χ0) is 18.2. The average Bonchev–Trinajstić information content (AvgIpc) is 2.58. The van der Waals surface area contributed by atoms with E-state index >= 15 is 0 Å². The van der Waals surface area contributed by atoms with Crippen molar-refractivity contribution in [3.05, 3.63) is 46.1 Å². The van der Waals surface area contributed by atoms with Gasteiger partial charge in [0.25, 0.3) is 0 Å². The van der Waals surface area contributed by atoms with Crippen molar-refractivity contribution in [2.75, 3.05) is 31.4 Å². The van der Waals surface area contributed by atoms with Gasteiger partial charge in [-0.25, -0.2) is 4.98 Å². The summed E-state index contributed by atoms with van der Waals surface area (Å²) in [5, 5.41) is 2.86. The van der Waals surface area contributed by atoms with E-state index in [0.29, 0.717) is 30.5 Å². The van der Waals surface area contributed by atoms with Crippen LogP contribution in [0.2, 0.25) is 0 Å². The van der Waals surface area contributed by atoms with Crippen LogP contribution in [-0.4, -0.2) is 37.0 Å². The molecule has 0 fully saturated rings. The molecular weight excluding hydrogens is 404 g/mol. The number of halogens is 1. The van der Waals surface area contributed by atoms with E-state index in [9.17, 15) is 4.79 Å². The van der Waals surface area contributed by atoms with E-state index < -0.39 is 0 Å². The molecule has 1 amide bonds. The van der Waals surface area contributed by atoms with Crippen molar-refractivity contribution in [2.24, 2.45) is 0 Å². The first-order valence-corrected chi connectivity index (χ1v) is 9.55. The number of hydrogen-bond donors (Lipinski definition) is 1. The van der Waals surface area contributed by atoms with Gasteiger partial charge in [-0.3, -0.25) is 4.79 Å². The maximum atomic E-state index is 12.3. The van der Waals surface area contributed by atoms with Crippen LogP contribution < -0.4 is 10.1 Å². The van der Waals surface area contributed by atoms with Gasteiger partial charge in [0.15, 0.2) is 0 Å². The van der Waals surface area contributed by atoms with Gasteiger partial charge in [-0.1, -0.05) is 15.9 Å². The van der Waals surface area contributed by atoms with E-state index in [-0.39, 0.29) is 5.91 Å². The van der Waals surface area contributed by atoms with Crippen LogP contribution in [0.1, 0.15) is 11.1 Å². The highest BCUT2D eigenvalue weighted by molar-refractivity contribution is 9.10. The number of methoxy groups -OCH3 is 1. The molecule has 1 N–H and O–H groups in total. The number of aryl methyl sites for hydroxylation is 2. The number of amides is 1. The molecule has 1 heterocycles. The number of rotatable bonds is 8. The predicted molar refractivity (Wildman–Crippen MR) is 105 cm³/mol. The smallest absolute Gasteiger partial charge is 0.237 e. The van der Waals surface area contributed by atoms with Crippen molar-refractivity contribution in [3.63, 3.8) is 0 Å². The molecule has 0 saturated carbocycles. The van der Waals surface area contributed by atoms with Crippen molar-refractivity contribution in [3.8, 4) is 5.88 Å². The quantitative estimate of drug-likeness (QED) is 0.507. The standard InChI is InChI=1S/C18H21BrN2O3S/c1-12-10-16(13(2)9-14(12)19)25-11-17(22)21-15-5-4-6-20-18(15)24-8-7-23-3/h4-6,9-10H,7-8,11H2,1-3H3,(H,21,22). The van der Waals surface area contributed by atoms with Crippen LogP contribution in [0.25, 0.3) is 0 Å². The van der Waals surface area contributed by atoms with E-state index in [1.54, 1.807) is 25.4 Å². The third kappa shape index (κ3) is 6.02. The minimum Gasteiger partial charge on any atom is -0.474 e. The molecule has 5 nitrogen and oxygen atoms in total. The maximum absolute atomic E-state index is 12.3. The number of carbonyl (C=O) groups is 1. The molecule has 0 spiro atoms. The summed E-state index contributed by atoms with van der Waals surface area (Å²) < 4.78 is 11.6. The fraction of sp³-hybridized carbons (Fsp3) is 0.333. The van der Waals surface area contributed by atoms with E-state index in [4.69, 9.17) is 9.47 Å². The van der Waals surface area contributed by atoms with Gasteiger partial charge in [0.1, 0.15) is 12.3 Å². The van der Waals surface area contributed by atoms with Crippen LogP contribution in [-0.2, 0) is 9.53 Å². The number of benzene rings is 1. The lowest BCUT2D eigenvalue weighted by molar-refractivity contribution is -0.113. The van der Waals surface area contributed by atoms with Crippen LogP contribution in [0.4, 0.5) is 5.69 Å². The summed E-state index contributed by atoms with van der Waals surface area (Å²) >= 11 is 5.03. The fourth-order valence-corrected chi connectivity index (χ4v) is 3.43. The summed E-state index contributed by atoms with van der Waals surface area (Å²) in [5.41, 5.74) is 2.85. The maximum Gasteiger partial charge on any atom is 0.237 e. The SMILES string of the molecule is COCCOc1ncccc1NC(=O)CSc1cc(C)c(Br)cc1C. The lowest BCUT2D eigenvalue weighted by Gasteiger charge is -2.12. The monoisotopic (exact) mass is 424 g/mol. The van der Waals surface area contributed by atoms with Crippen LogP contribution >= 0.6 is 27.7 Å². The Morgan fingerprint density at radius 1 is 1.28 bits per heavy atom. The Labute approximate surface area is 160 Å². The molecule has 2 rings (SSSR count). The van der Waals surface area contributed by atoms with Gasteiger partial charge >= 0.3 is 0 Å². The normalized spacial score (nSPS) is 10.6. The second-order valence-electron chi connectivity index (χ2n) is 5.40. The zero-order valence-corrected chi connectivity index (χ0v) is 16.9. The summed E-state index contributed by atoms with van der Waals surface area (Å²) in [6.07, 6.45) is 1.63. The minimum atomic E-state index is -0.102. The molecule has 2 aromatic rings. The van der Waals surface area contributed by atoms with Crippen LogP contribution in [0.5, 0.6) is 5.88 Å². The van der Waals surface area contributed by atoms with E-state index in [0.717, 1.165) is 20.5 Å². The first-order chi connectivity index (χ1) is 12.0. The van der Waals surface area contributed by atoms with Gasteiger partial charge in [-0.15, -0.1) is 11.8 Å². The zero-order valence-electron chi connectivity index (χ0n) is 14.5. The topological polar surface area (TPSA) is 60.5 Å². The summed E-state index contributed by atoms with van der Waals surface area (Å²) in [5.74, 6) is 0.608. The van der Waals surface area contributed by atoms with Crippen molar-refractivity contribution in [2.45, 2.75) is 18.7 Å². The van der Waals surface area contributed by atoms with E-state index in [2.05, 4.69) is 38.4 Å². The Kier molecular flexibility index (Phi) is 7.74. The summed E-state index contributed by atoms with van der Waals surface area (Å²) in [6.45, 7) is 4.91. The summed E-state index contributed by atoms with van der Waals surface area (Å²) in [7, 11) is 1.60. The molecule has 0 bridgehead atoms.